The maximum Gasteiger partial charge on any atom is 0.122 e. The van der Waals surface area contributed by atoms with Gasteiger partial charge in [0.15, 0.2) is 0 Å². The maximum atomic E-state index is 5.62. The van der Waals surface area contributed by atoms with Crippen molar-refractivity contribution in [3.05, 3.63) is 29.3 Å². The normalized spacial score (nSPS) is 15.2. The van der Waals surface area contributed by atoms with Crippen molar-refractivity contribution in [2.24, 2.45) is 0 Å². The Morgan fingerprint density at radius 1 is 1.29 bits per heavy atom. The zero-order valence-electron chi connectivity index (χ0n) is 11.2. The maximum absolute atomic E-state index is 5.62. The lowest BCUT2D eigenvalue weighted by molar-refractivity contribution is 0.288. The Hall–Kier alpha value is -1.02. The summed E-state index contributed by atoms with van der Waals surface area (Å²) in [6.07, 6.45) is 3.40. The summed E-state index contributed by atoms with van der Waals surface area (Å²) in [6, 6.07) is 6.62. The molecule has 1 aromatic rings. The van der Waals surface area contributed by atoms with Crippen LogP contribution in [0.3, 0.4) is 0 Å². The first-order valence-electron chi connectivity index (χ1n) is 6.54. The number of hydrogen-bond acceptors (Lipinski definition) is 2. The van der Waals surface area contributed by atoms with E-state index in [1.54, 1.807) is 0 Å². The van der Waals surface area contributed by atoms with Crippen LogP contribution in [0, 0.1) is 0 Å². The fraction of sp³-hybridized carbons (Fsp3) is 0.600. The summed E-state index contributed by atoms with van der Waals surface area (Å²) < 4.78 is 5.62. The largest absolute Gasteiger partial charge is 0.493 e. The minimum absolute atomic E-state index is 0.206. The predicted molar refractivity (Wildman–Crippen MR) is 71.7 cm³/mol. The van der Waals surface area contributed by atoms with E-state index in [4.69, 9.17) is 4.74 Å². The number of aryl methyl sites for hydroxylation is 1. The molecule has 2 heteroatoms. The second kappa shape index (κ2) is 5.09. The molecule has 1 aromatic carbocycles. The van der Waals surface area contributed by atoms with E-state index in [1.165, 1.54) is 11.1 Å². The van der Waals surface area contributed by atoms with Gasteiger partial charge in [0.05, 0.1) is 6.61 Å². The molecule has 2 rings (SSSR count). The van der Waals surface area contributed by atoms with E-state index >= 15 is 0 Å². The molecule has 0 unspecified atom stereocenters. The van der Waals surface area contributed by atoms with Crippen molar-refractivity contribution in [3.8, 4) is 5.75 Å². The molecule has 0 aromatic heterocycles. The Kier molecular flexibility index (Phi) is 3.72. The van der Waals surface area contributed by atoms with Crippen LogP contribution in [0.2, 0.25) is 0 Å². The highest BCUT2D eigenvalue weighted by molar-refractivity contribution is 5.38. The van der Waals surface area contributed by atoms with Gasteiger partial charge >= 0.3 is 0 Å². The molecular weight excluding hydrogens is 210 g/mol. The number of fused-ring (bicyclic) bond motifs is 1. The van der Waals surface area contributed by atoms with Gasteiger partial charge in [-0.2, -0.15) is 0 Å². The van der Waals surface area contributed by atoms with Crippen molar-refractivity contribution in [2.75, 3.05) is 13.2 Å². The smallest absolute Gasteiger partial charge is 0.122 e. The molecule has 94 valence electrons. The van der Waals surface area contributed by atoms with Gasteiger partial charge in [0.25, 0.3) is 0 Å². The average Bonchev–Trinajstić information content (AvgIpc) is 2.27. The van der Waals surface area contributed by atoms with E-state index in [2.05, 4.69) is 44.3 Å². The Morgan fingerprint density at radius 3 is 2.88 bits per heavy atom. The van der Waals surface area contributed by atoms with Crippen LogP contribution in [0.4, 0.5) is 0 Å². The number of nitrogens with one attached hydrogen (secondary N) is 1. The van der Waals surface area contributed by atoms with Crippen LogP contribution >= 0.6 is 0 Å². The van der Waals surface area contributed by atoms with Crippen molar-refractivity contribution < 1.29 is 4.74 Å². The topological polar surface area (TPSA) is 21.3 Å². The second-order valence-corrected chi connectivity index (χ2v) is 5.82. The highest BCUT2D eigenvalue weighted by atomic mass is 16.5. The van der Waals surface area contributed by atoms with Crippen LogP contribution in [0.1, 0.15) is 38.3 Å². The Morgan fingerprint density at radius 2 is 2.12 bits per heavy atom. The van der Waals surface area contributed by atoms with E-state index in [0.29, 0.717) is 0 Å². The lowest BCUT2D eigenvalue weighted by Crippen LogP contribution is -2.37. The van der Waals surface area contributed by atoms with Crippen molar-refractivity contribution in [1.82, 2.24) is 5.32 Å². The third kappa shape index (κ3) is 3.74. The van der Waals surface area contributed by atoms with Gasteiger partial charge in [0.1, 0.15) is 5.75 Å². The number of ether oxygens (including phenoxy) is 1. The molecule has 0 spiro atoms. The summed E-state index contributed by atoms with van der Waals surface area (Å²) in [5, 5.41) is 3.52. The molecule has 2 nitrogen and oxygen atoms in total. The Balaban J connectivity index is 1.93. The van der Waals surface area contributed by atoms with Gasteiger partial charge in [-0.1, -0.05) is 12.1 Å². The zero-order valence-corrected chi connectivity index (χ0v) is 11.2. The fourth-order valence-corrected chi connectivity index (χ4v) is 2.15. The monoisotopic (exact) mass is 233 g/mol. The van der Waals surface area contributed by atoms with Crippen LogP contribution < -0.4 is 10.1 Å². The van der Waals surface area contributed by atoms with E-state index in [-0.39, 0.29) is 5.54 Å². The first-order chi connectivity index (χ1) is 8.04. The summed E-state index contributed by atoms with van der Waals surface area (Å²) in [6.45, 7) is 8.51. The molecule has 0 saturated carbocycles. The Labute approximate surface area is 104 Å². The average molecular weight is 233 g/mol. The van der Waals surface area contributed by atoms with Gasteiger partial charge in [0.2, 0.25) is 0 Å². The van der Waals surface area contributed by atoms with Gasteiger partial charge in [-0.3, -0.25) is 0 Å². The quantitative estimate of drug-likeness (QED) is 0.866. The number of hydrogen-bond donors (Lipinski definition) is 1. The summed E-state index contributed by atoms with van der Waals surface area (Å²) in [5.41, 5.74) is 2.99. The lowest BCUT2D eigenvalue weighted by atomic mass is 10.0. The molecule has 1 aliphatic heterocycles. The molecule has 0 atom stereocenters. The molecule has 1 aliphatic rings. The van der Waals surface area contributed by atoms with Crippen LogP contribution in [-0.4, -0.2) is 18.7 Å². The first-order valence-corrected chi connectivity index (χ1v) is 6.54. The molecular formula is C15H23NO. The lowest BCUT2D eigenvalue weighted by Gasteiger charge is -2.21. The standard InChI is InChI=1S/C15H23NO/c1-15(2,3)16-9-8-12-6-7-14-13(11-12)5-4-10-17-14/h6-7,11,16H,4-5,8-10H2,1-3H3. The van der Waals surface area contributed by atoms with Crippen LogP contribution in [0.25, 0.3) is 0 Å². The van der Waals surface area contributed by atoms with E-state index in [9.17, 15) is 0 Å². The summed E-state index contributed by atoms with van der Waals surface area (Å²) >= 11 is 0. The second-order valence-electron chi connectivity index (χ2n) is 5.82. The van der Waals surface area contributed by atoms with E-state index in [0.717, 1.165) is 38.2 Å². The molecule has 0 fully saturated rings. The third-order valence-electron chi connectivity index (χ3n) is 3.04. The summed E-state index contributed by atoms with van der Waals surface area (Å²) in [4.78, 5) is 0. The van der Waals surface area contributed by atoms with E-state index < -0.39 is 0 Å². The highest BCUT2D eigenvalue weighted by Crippen LogP contribution is 2.25. The number of rotatable bonds is 3. The molecule has 0 saturated heterocycles. The molecule has 17 heavy (non-hydrogen) atoms. The highest BCUT2D eigenvalue weighted by Gasteiger charge is 2.11. The number of benzene rings is 1. The molecule has 0 amide bonds. The van der Waals surface area contributed by atoms with Crippen LogP contribution in [-0.2, 0) is 12.8 Å². The summed E-state index contributed by atoms with van der Waals surface area (Å²) in [5.74, 6) is 1.09. The van der Waals surface area contributed by atoms with Gasteiger partial charge in [0, 0.05) is 5.54 Å². The molecule has 0 aliphatic carbocycles. The molecule has 0 bridgehead atoms. The van der Waals surface area contributed by atoms with Crippen molar-refractivity contribution in [3.63, 3.8) is 0 Å². The Bertz CT molecular complexity index is 379. The predicted octanol–water partition coefficient (Wildman–Crippen LogP) is 2.94. The van der Waals surface area contributed by atoms with E-state index in [1.807, 2.05) is 0 Å². The minimum Gasteiger partial charge on any atom is -0.493 e. The zero-order chi connectivity index (χ0) is 12.3. The third-order valence-corrected chi connectivity index (χ3v) is 3.04. The first kappa shape index (κ1) is 12.4. The fourth-order valence-electron chi connectivity index (χ4n) is 2.15. The van der Waals surface area contributed by atoms with Gasteiger partial charge in [-0.25, -0.2) is 0 Å². The van der Waals surface area contributed by atoms with Crippen LogP contribution in [0.15, 0.2) is 18.2 Å². The van der Waals surface area contributed by atoms with Gasteiger partial charge < -0.3 is 10.1 Å². The van der Waals surface area contributed by atoms with Gasteiger partial charge in [-0.15, -0.1) is 0 Å². The van der Waals surface area contributed by atoms with Crippen LogP contribution in [0.5, 0.6) is 5.75 Å². The molecule has 1 N–H and O–H groups in total. The SMILES string of the molecule is CC(C)(C)NCCc1ccc2c(c1)CCCO2. The molecule has 1 heterocycles. The van der Waals surface area contributed by atoms with Crippen molar-refractivity contribution >= 4 is 0 Å². The van der Waals surface area contributed by atoms with Crippen molar-refractivity contribution in [2.45, 2.75) is 45.6 Å². The van der Waals surface area contributed by atoms with Gasteiger partial charge in [-0.05, 0) is 63.8 Å². The molecule has 0 radical (unpaired) electrons. The van der Waals surface area contributed by atoms with Crippen molar-refractivity contribution in [1.29, 1.82) is 0 Å². The minimum atomic E-state index is 0.206. The summed E-state index contributed by atoms with van der Waals surface area (Å²) in [7, 11) is 0.